The molecule has 0 bridgehead atoms. The Morgan fingerprint density at radius 3 is 2.89 bits per heavy atom. The largest absolute Gasteiger partial charge is 0.379 e. The Morgan fingerprint density at radius 2 is 2.28 bits per heavy atom. The van der Waals surface area contributed by atoms with E-state index in [9.17, 15) is 4.79 Å². The number of hydrogen-bond acceptors (Lipinski definition) is 4. The van der Waals surface area contributed by atoms with E-state index in [-0.39, 0.29) is 17.9 Å². The third-order valence-corrected chi connectivity index (χ3v) is 4.17. The van der Waals surface area contributed by atoms with E-state index in [1.165, 1.54) is 6.42 Å². The number of likely N-dealkylation sites (N-methyl/N-ethyl adjacent to an activating group) is 1. The van der Waals surface area contributed by atoms with E-state index in [4.69, 9.17) is 4.74 Å². The molecule has 3 atom stereocenters. The summed E-state index contributed by atoms with van der Waals surface area (Å²) in [7, 11) is 5.96. The second-order valence-electron chi connectivity index (χ2n) is 5.67. The number of likely N-dealkylation sites (tertiary alicyclic amines) is 1. The second-order valence-corrected chi connectivity index (χ2v) is 5.67. The SMILES string of the molecule is CNC1COCC1C(=O)N(C)CC1CCN(C)C1. The van der Waals surface area contributed by atoms with E-state index >= 15 is 0 Å². The van der Waals surface area contributed by atoms with Gasteiger partial charge < -0.3 is 19.9 Å². The van der Waals surface area contributed by atoms with Crippen LogP contribution < -0.4 is 5.32 Å². The summed E-state index contributed by atoms with van der Waals surface area (Å²) in [4.78, 5) is 16.6. The van der Waals surface area contributed by atoms with Gasteiger partial charge >= 0.3 is 0 Å². The van der Waals surface area contributed by atoms with Crippen molar-refractivity contribution in [3.8, 4) is 0 Å². The molecule has 1 N–H and O–H groups in total. The van der Waals surface area contributed by atoms with Crippen molar-refractivity contribution in [2.45, 2.75) is 12.5 Å². The maximum absolute atomic E-state index is 12.4. The smallest absolute Gasteiger partial charge is 0.229 e. The highest BCUT2D eigenvalue weighted by Crippen LogP contribution is 2.19. The molecule has 18 heavy (non-hydrogen) atoms. The van der Waals surface area contributed by atoms with Gasteiger partial charge in [-0.3, -0.25) is 4.79 Å². The molecular formula is C13H25N3O2. The van der Waals surface area contributed by atoms with Gasteiger partial charge in [-0.1, -0.05) is 0 Å². The maximum atomic E-state index is 12.4. The first-order valence-electron chi connectivity index (χ1n) is 6.80. The van der Waals surface area contributed by atoms with Crippen LogP contribution in [0, 0.1) is 11.8 Å². The summed E-state index contributed by atoms with van der Waals surface area (Å²) in [6.45, 7) is 4.33. The fraction of sp³-hybridized carbons (Fsp3) is 0.923. The average molecular weight is 255 g/mol. The summed E-state index contributed by atoms with van der Waals surface area (Å²) in [5.74, 6) is 0.833. The summed E-state index contributed by atoms with van der Waals surface area (Å²) < 4.78 is 5.40. The highest BCUT2D eigenvalue weighted by Gasteiger charge is 2.35. The molecule has 5 nitrogen and oxygen atoms in total. The van der Waals surface area contributed by atoms with Crippen LogP contribution >= 0.6 is 0 Å². The molecule has 2 rings (SSSR count). The molecule has 2 aliphatic rings. The number of carbonyl (C=O) groups excluding carboxylic acids is 1. The Hall–Kier alpha value is -0.650. The number of hydrogen-bond donors (Lipinski definition) is 1. The van der Waals surface area contributed by atoms with Crippen LogP contribution in [0.15, 0.2) is 0 Å². The molecule has 2 fully saturated rings. The van der Waals surface area contributed by atoms with E-state index < -0.39 is 0 Å². The van der Waals surface area contributed by atoms with Crippen molar-refractivity contribution in [3.63, 3.8) is 0 Å². The van der Waals surface area contributed by atoms with Crippen LogP contribution in [-0.4, -0.2) is 75.7 Å². The molecule has 0 saturated carbocycles. The van der Waals surface area contributed by atoms with Gasteiger partial charge in [0, 0.05) is 26.2 Å². The van der Waals surface area contributed by atoms with E-state index in [2.05, 4.69) is 17.3 Å². The summed E-state index contributed by atoms with van der Waals surface area (Å²) in [6.07, 6.45) is 1.20. The first-order chi connectivity index (χ1) is 8.61. The number of rotatable bonds is 4. The zero-order chi connectivity index (χ0) is 13.1. The molecule has 0 aromatic heterocycles. The number of carbonyl (C=O) groups is 1. The molecule has 3 unspecified atom stereocenters. The Morgan fingerprint density at radius 1 is 1.50 bits per heavy atom. The summed E-state index contributed by atoms with van der Waals surface area (Å²) in [5.41, 5.74) is 0. The molecule has 2 aliphatic heterocycles. The molecule has 2 saturated heterocycles. The standard InChI is InChI=1S/C13H25N3O2/c1-14-12-9-18-8-11(12)13(17)16(3)7-10-4-5-15(2)6-10/h10-12,14H,4-9H2,1-3H3. The zero-order valence-corrected chi connectivity index (χ0v) is 11.7. The van der Waals surface area contributed by atoms with Gasteiger partial charge in [0.2, 0.25) is 5.91 Å². The summed E-state index contributed by atoms with van der Waals surface area (Å²) in [6, 6.07) is 0.172. The highest BCUT2D eigenvalue weighted by atomic mass is 16.5. The van der Waals surface area contributed by atoms with Gasteiger partial charge in [-0.25, -0.2) is 0 Å². The van der Waals surface area contributed by atoms with Gasteiger partial charge in [0.05, 0.1) is 19.1 Å². The van der Waals surface area contributed by atoms with E-state index in [0.717, 1.165) is 19.6 Å². The van der Waals surface area contributed by atoms with Gasteiger partial charge in [-0.05, 0) is 33.0 Å². The van der Waals surface area contributed by atoms with Crippen molar-refractivity contribution in [2.24, 2.45) is 11.8 Å². The molecule has 5 heteroatoms. The highest BCUT2D eigenvalue weighted by molar-refractivity contribution is 5.79. The number of nitrogens with zero attached hydrogens (tertiary/aromatic N) is 2. The van der Waals surface area contributed by atoms with Crippen LogP contribution in [0.3, 0.4) is 0 Å². The van der Waals surface area contributed by atoms with Crippen molar-refractivity contribution >= 4 is 5.91 Å². The van der Waals surface area contributed by atoms with Gasteiger partial charge in [0.25, 0.3) is 0 Å². The predicted molar refractivity (Wildman–Crippen MR) is 70.4 cm³/mol. The van der Waals surface area contributed by atoms with Crippen LogP contribution in [0.5, 0.6) is 0 Å². The van der Waals surface area contributed by atoms with Crippen molar-refractivity contribution in [1.29, 1.82) is 0 Å². The molecule has 0 spiro atoms. The Bertz CT molecular complexity index is 298. The van der Waals surface area contributed by atoms with Gasteiger partial charge in [-0.2, -0.15) is 0 Å². The van der Waals surface area contributed by atoms with E-state index in [0.29, 0.717) is 19.1 Å². The van der Waals surface area contributed by atoms with Gasteiger partial charge in [0.15, 0.2) is 0 Å². The van der Waals surface area contributed by atoms with Crippen LogP contribution in [0.25, 0.3) is 0 Å². The maximum Gasteiger partial charge on any atom is 0.229 e. The average Bonchev–Trinajstić information content (AvgIpc) is 2.96. The molecule has 104 valence electrons. The lowest BCUT2D eigenvalue weighted by Crippen LogP contribution is -2.44. The van der Waals surface area contributed by atoms with Crippen molar-refractivity contribution in [1.82, 2.24) is 15.1 Å². The summed E-state index contributed by atoms with van der Waals surface area (Å²) in [5, 5.41) is 3.17. The third kappa shape index (κ3) is 3.02. The fourth-order valence-corrected chi connectivity index (χ4v) is 3.02. The van der Waals surface area contributed by atoms with E-state index in [1.54, 1.807) is 0 Å². The lowest BCUT2D eigenvalue weighted by molar-refractivity contribution is -0.135. The molecule has 0 aromatic rings. The lowest BCUT2D eigenvalue weighted by Gasteiger charge is -2.26. The molecular weight excluding hydrogens is 230 g/mol. The quantitative estimate of drug-likeness (QED) is 0.744. The second kappa shape index (κ2) is 5.99. The Labute approximate surface area is 109 Å². The Kier molecular flexibility index (Phi) is 4.59. The molecule has 0 radical (unpaired) electrons. The topological polar surface area (TPSA) is 44.8 Å². The predicted octanol–water partition coefficient (Wildman–Crippen LogP) is -0.369. The minimum absolute atomic E-state index is 0.0147. The number of amides is 1. The van der Waals surface area contributed by atoms with Crippen LogP contribution in [-0.2, 0) is 9.53 Å². The zero-order valence-electron chi connectivity index (χ0n) is 11.7. The first-order valence-corrected chi connectivity index (χ1v) is 6.80. The molecule has 2 heterocycles. The molecule has 0 aromatic carbocycles. The van der Waals surface area contributed by atoms with Crippen LogP contribution in [0.4, 0.5) is 0 Å². The first kappa shape index (κ1) is 13.8. The number of nitrogens with one attached hydrogen (secondary N) is 1. The minimum Gasteiger partial charge on any atom is -0.379 e. The minimum atomic E-state index is -0.0147. The normalized spacial score (nSPS) is 32.9. The van der Waals surface area contributed by atoms with Crippen LogP contribution in [0.2, 0.25) is 0 Å². The van der Waals surface area contributed by atoms with Gasteiger partial charge in [0.1, 0.15) is 0 Å². The molecule has 0 aliphatic carbocycles. The molecule has 1 amide bonds. The summed E-state index contributed by atoms with van der Waals surface area (Å²) >= 11 is 0. The fourth-order valence-electron chi connectivity index (χ4n) is 3.02. The van der Waals surface area contributed by atoms with E-state index in [1.807, 2.05) is 19.0 Å². The van der Waals surface area contributed by atoms with Crippen molar-refractivity contribution in [3.05, 3.63) is 0 Å². The lowest BCUT2D eigenvalue weighted by atomic mass is 10.0. The number of ether oxygens (including phenoxy) is 1. The third-order valence-electron chi connectivity index (χ3n) is 4.17. The van der Waals surface area contributed by atoms with Crippen LogP contribution in [0.1, 0.15) is 6.42 Å². The Balaban J connectivity index is 1.84. The van der Waals surface area contributed by atoms with Gasteiger partial charge in [-0.15, -0.1) is 0 Å². The monoisotopic (exact) mass is 255 g/mol. The van der Waals surface area contributed by atoms with Crippen molar-refractivity contribution in [2.75, 3.05) is 54.0 Å². The van der Waals surface area contributed by atoms with Crippen molar-refractivity contribution < 1.29 is 9.53 Å².